The Bertz CT molecular complexity index is 737. The van der Waals surface area contributed by atoms with Crippen LogP contribution in [0.25, 0.3) is 0 Å². The second kappa shape index (κ2) is 9.43. The molecule has 1 aromatic rings. The third kappa shape index (κ3) is 5.18. The number of hydrogen-bond acceptors (Lipinski definition) is 6. The molecule has 3 atom stereocenters. The lowest BCUT2D eigenvalue weighted by Crippen LogP contribution is -2.49. The quantitative estimate of drug-likeness (QED) is 0.699. The van der Waals surface area contributed by atoms with Gasteiger partial charge in [-0.05, 0) is 31.3 Å². The Morgan fingerprint density at radius 2 is 1.97 bits per heavy atom. The van der Waals surface area contributed by atoms with Crippen LogP contribution in [0.15, 0.2) is 6.20 Å². The highest BCUT2D eigenvalue weighted by Gasteiger charge is 2.44. The number of β-amino-alcohol motifs (C(OH)–C–C–N with tert-alkyl or cyclic N) is 1. The molecule has 9 nitrogen and oxygen atoms in total. The van der Waals surface area contributed by atoms with Crippen LogP contribution in [0.3, 0.4) is 0 Å². The van der Waals surface area contributed by atoms with Gasteiger partial charge in [-0.3, -0.25) is 9.59 Å². The van der Waals surface area contributed by atoms with Gasteiger partial charge in [0.2, 0.25) is 11.8 Å². The van der Waals surface area contributed by atoms with Crippen molar-refractivity contribution in [3.05, 3.63) is 11.9 Å². The van der Waals surface area contributed by atoms with Crippen molar-refractivity contribution in [1.82, 2.24) is 30.1 Å². The molecule has 2 unspecified atom stereocenters. The molecule has 0 saturated carbocycles. The topological polar surface area (TPSA) is 104 Å². The first-order chi connectivity index (χ1) is 14.2. The third-order valence-electron chi connectivity index (χ3n) is 6.12. The highest BCUT2D eigenvalue weighted by atomic mass is 16.3. The van der Waals surface area contributed by atoms with Crippen LogP contribution in [0.4, 0.5) is 0 Å². The Balaban J connectivity index is 1.75. The molecule has 0 radical (unpaired) electrons. The first kappa shape index (κ1) is 22.7. The third-order valence-corrected chi connectivity index (χ3v) is 6.12. The number of likely N-dealkylation sites (tertiary alicyclic amines) is 2. The lowest BCUT2D eigenvalue weighted by Gasteiger charge is -2.34. The number of nitrogens with one attached hydrogen (secondary N) is 1. The minimum absolute atomic E-state index is 0.153. The highest BCUT2D eigenvalue weighted by Crippen LogP contribution is 2.34. The van der Waals surface area contributed by atoms with E-state index >= 15 is 0 Å². The number of hydrogen-bond donors (Lipinski definition) is 2. The van der Waals surface area contributed by atoms with Gasteiger partial charge in [0, 0.05) is 39.2 Å². The summed E-state index contributed by atoms with van der Waals surface area (Å²) in [6.07, 6.45) is 6.02. The normalized spacial score (nSPS) is 24.1. The average molecular weight is 421 g/mol. The van der Waals surface area contributed by atoms with Crippen LogP contribution in [0, 0.1) is 5.41 Å². The molecule has 2 amide bonds. The Kier molecular flexibility index (Phi) is 7.13. The van der Waals surface area contributed by atoms with E-state index in [1.54, 1.807) is 11.7 Å². The summed E-state index contributed by atoms with van der Waals surface area (Å²) in [6, 6.07) is -1.27. The van der Waals surface area contributed by atoms with Gasteiger partial charge >= 0.3 is 0 Å². The number of nitrogens with zero attached hydrogens (tertiary/aromatic N) is 5. The van der Waals surface area contributed by atoms with E-state index in [-0.39, 0.29) is 24.8 Å². The molecule has 0 spiro atoms. The van der Waals surface area contributed by atoms with E-state index in [2.05, 4.69) is 20.5 Å². The molecule has 2 fully saturated rings. The van der Waals surface area contributed by atoms with Gasteiger partial charge in [0.15, 0.2) is 0 Å². The van der Waals surface area contributed by atoms with E-state index in [1.807, 2.05) is 27.0 Å². The van der Waals surface area contributed by atoms with Gasteiger partial charge < -0.3 is 20.2 Å². The van der Waals surface area contributed by atoms with Crippen LogP contribution < -0.4 is 5.32 Å². The number of rotatable bonds is 6. The number of aliphatic hydroxyl groups excluding tert-OH is 1. The Morgan fingerprint density at radius 1 is 1.27 bits per heavy atom. The van der Waals surface area contributed by atoms with Gasteiger partial charge in [0.05, 0.1) is 11.8 Å². The second-order valence-corrected chi connectivity index (χ2v) is 9.62. The number of likely N-dealkylation sites (N-methyl/N-ethyl adjacent to an activating group) is 1. The van der Waals surface area contributed by atoms with Crippen molar-refractivity contribution in [2.45, 2.75) is 71.1 Å². The lowest BCUT2D eigenvalue weighted by molar-refractivity contribution is -0.144. The largest absolute Gasteiger partial charge is 0.391 e. The van der Waals surface area contributed by atoms with Crippen LogP contribution in [-0.2, 0) is 16.0 Å². The number of aliphatic hydroxyl groups is 1. The van der Waals surface area contributed by atoms with Crippen molar-refractivity contribution in [3.63, 3.8) is 0 Å². The van der Waals surface area contributed by atoms with Gasteiger partial charge in [-0.15, -0.1) is 5.10 Å². The van der Waals surface area contributed by atoms with E-state index in [9.17, 15) is 14.7 Å². The molecular formula is C21H36N6O3. The van der Waals surface area contributed by atoms with Crippen molar-refractivity contribution in [2.24, 2.45) is 5.41 Å². The molecule has 0 bridgehead atoms. The first-order valence-corrected chi connectivity index (χ1v) is 11.0. The fraction of sp³-hybridized carbons (Fsp3) is 0.810. The first-order valence-electron chi connectivity index (χ1n) is 11.0. The van der Waals surface area contributed by atoms with Crippen molar-refractivity contribution >= 4 is 11.8 Å². The molecule has 2 aliphatic rings. The molecular weight excluding hydrogens is 384 g/mol. The summed E-state index contributed by atoms with van der Waals surface area (Å²) >= 11 is 0. The standard InChI is InChI=1S/C21H36N6O3/c1-21(2,3)18(20(30)26-14-16(28)12-17(26)19(29)22-4)27-13-15(23-24-27)8-11-25-9-6-5-7-10-25/h13,16-18,28H,5-12,14H2,1-4H3,(H,22,29)/t16?,17?,18-/m1/s1. The van der Waals surface area contributed by atoms with Crippen LogP contribution in [0.5, 0.6) is 0 Å². The average Bonchev–Trinajstić information content (AvgIpc) is 3.32. The fourth-order valence-electron chi connectivity index (χ4n) is 4.52. The molecule has 3 rings (SSSR count). The predicted molar refractivity (Wildman–Crippen MR) is 113 cm³/mol. The van der Waals surface area contributed by atoms with Crippen molar-refractivity contribution in [1.29, 1.82) is 0 Å². The molecule has 1 aromatic heterocycles. The van der Waals surface area contributed by atoms with Gasteiger partial charge in [0.25, 0.3) is 0 Å². The molecule has 2 N–H and O–H groups in total. The summed E-state index contributed by atoms with van der Waals surface area (Å²) in [4.78, 5) is 29.7. The Morgan fingerprint density at radius 3 is 2.60 bits per heavy atom. The molecule has 2 saturated heterocycles. The predicted octanol–water partition coefficient (Wildman–Crippen LogP) is 0.602. The van der Waals surface area contributed by atoms with Gasteiger partial charge in [-0.1, -0.05) is 32.4 Å². The maximum atomic E-state index is 13.5. The maximum absolute atomic E-state index is 13.5. The minimum Gasteiger partial charge on any atom is -0.391 e. The van der Waals surface area contributed by atoms with Crippen molar-refractivity contribution in [2.75, 3.05) is 33.2 Å². The van der Waals surface area contributed by atoms with E-state index in [0.717, 1.165) is 31.7 Å². The zero-order valence-electron chi connectivity index (χ0n) is 18.7. The number of piperidine rings is 1. The second-order valence-electron chi connectivity index (χ2n) is 9.62. The Hall–Kier alpha value is -2.00. The number of aromatic nitrogens is 3. The summed E-state index contributed by atoms with van der Waals surface area (Å²) in [6.45, 7) is 9.30. The van der Waals surface area contributed by atoms with E-state index in [1.165, 1.54) is 24.2 Å². The molecule has 2 aliphatic heterocycles. The van der Waals surface area contributed by atoms with Gasteiger partial charge in [-0.25, -0.2) is 4.68 Å². The number of carbonyl (C=O) groups excluding carboxylic acids is 2. The van der Waals surface area contributed by atoms with Crippen molar-refractivity contribution < 1.29 is 14.7 Å². The summed E-state index contributed by atoms with van der Waals surface area (Å²) in [5, 5.41) is 21.3. The van der Waals surface area contributed by atoms with Crippen LogP contribution in [-0.4, -0.2) is 87.1 Å². The monoisotopic (exact) mass is 420 g/mol. The molecule has 0 aromatic carbocycles. The van der Waals surface area contributed by atoms with Crippen LogP contribution >= 0.6 is 0 Å². The smallest absolute Gasteiger partial charge is 0.248 e. The van der Waals surface area contributed by atoms with E-state index < -0.39 is 23.6 Å². The molecule has 168 valence electrons. The molecule has 9 heteroatoms. The van der Waals surface area contributed by atoms with Gasteiger partial charge in [0.1, 0.15) is 12.1 Å². The highest BCUT2D eigenvalue weighted by molar-refractivity contribution is 5.90. The SMILES string of the molecule is CNC(=O)C1CC(O)CN1C(=O)[C@@H](n1cc(CCN2CCCCC2)nn1)C(C)(C)C. The summed E-state index contributed by atoms with van der Waals surface area (Å²) in [7, 11) is 1.54. The zero-order valence-corrected chi connectivity index (χ0v) is 18.7. The Labute approximate surface area is 178 Å². The minimum atomic E-state index is -0.701. The molecule has 30 heavy (non-hydrogen) atoms. The molecule has 0 aliphatic carbocycles. The van der Waals surface area contributed by atoms with E-state index in [0.29, 0.717) is 0 Å². The number of carbonyl (C=O) groups is 2. The van der Waals surface area contributed by atoms with Crippen molar-refractivity contribution in [3.8, 4) is 0 Å². The lowest BCUT2D eigenvalue weighted by atomic mass is 9.85. The van der Waals surface area contributed by atoms with Crippen LogP contribution in [0.2, 0.25) is 0 Å². The number of amides is 2. The maximum Gasteiger partial charge on any atom is 0.248 e. The zero-order chi connectivity index (χ0) is 21.9. The van der Waals surface area contributed by atoms with E-state index in [4.69, 9.17) is 0 Å². The summed E-state index contributed by atoms with van der Waals surface area (Å²) in [5.41, 5.74) is 0.433. The van der Waals surface area contributed by atoms with Crippen LogP contribution in [0.1, 0.15) is 58.2 Å². The molecule has 3 heterocycles. The summed E-state index contributed by atoms with van der Waals surface area (Å²) in [5.74, 6) is -0.464. The fourth-order valence-corrected chi connectivity index (χ4v) is 4.52. The van der Waals surface area contributed by atoms with Gasteiger partial charge in [-0.2, -0.15) is 0 Å². The summed E-state index contributed by atoms with van der Waals surface area (Å²) < 4.78 is 1.64.